The highest BCUT2D eigenvalue weighted by molar-refractivity contribution is 5.42. The number of nitrogens with one attached hydrogen (secondary N) is 1. The van der Waals surface area contributed by atoms with Crippen LogP contribution in [0.25, 0.3) is 0 Å². The third kappa shape index (κ3) is 3.01. The molecule has 1 aliphatic rings. The highest BCUT2D eigenvalue weighted by Gasteiger charge is 2.32. The van der Waals surface area contributed by atoms with Gasteiger partial charge in [0.15, 0.2) is 0 Å². The predicted octanol–water partition coefficient (Wildman–Crippen LogP) is 3.21. The van der Waals surface area contributed by atoms with Crippen molar-refractivity contribution in [2.45, 2.75) is 24.9 Å². The molecule has 2 aromatic rings. The number of halogens is 3. The Bertz CT molecular complexity index is 587. The quantitative estimate of drug-likeness (QED) is 0.925. The van der Waals surface area contributed by atoms with E-state index in [1.54, 1.807) is 6.20 Å². The fraction of sp³-hybridized carbons (Fsp3) is 0.429. The normalized spacial score (nSPS) is 17.2. The average molecular weight is 296 g/mol. The summed E-state index contributed by atoms with van der Waals surface area (Å²) in [6, 6.07) is 2.20. The number of alkyl halides is 3. The first-order chi connectivity index (χ1) is 10.0. The van der Waals surface area contributed by atoms with Gasteiger partial charge in [0.05, 0.1) is 17.4 Å². The lowest BCUT2D eigenvalue weighted by molar-refractivity contribution is -0.137. The van der Waals surface area contributed by atoms with Gasteiger partial charge in [-0.2, -0.15) is 18.3 Å². The zero-order valence-electron chi connectivity index (χ0n) is 11.3. The Balaban J connectivity index is 1.70. The van der Waals surface area contributed by atoms with Crippen molar-refractivity contribution in [2.24, 2.45) is 0 Å². The molecule has 1 aliphatic heterocycles. The first kappa shape index (κ1) is 13.9. The monoisotopic (exact) mass is 296 g/mol. The molecule has 112 valence electrons. The van der Waals surface area contributed by atoms with Crippen molar-refractivity contribution in [1.82, 2.24) is 15.2 Å². The van der Waals surface area contributed by atoms with E-state index >= 15 is 0 Å². The molecular weight excluding hydrogens is 281 g/mol. The Hall–Kier alpha value is -2.05. The van der Waals surface area contributed by atoms with E-state index in [0.717, 1.165) is 37.7 Å². The molecule has 0 aliphatic carbocycles. The summed E-state index contributed by atoms with van der Waals surface area (Å²) in [5.74, 6) is 0.0791. The molecule has 1 saturated heterocycles. The van der Waals surface area contributed by atoms with E-state index in [-0.39, 0.29) is 5.92 Å². The number of hydrogen-bond acceptors (Lipinski definition) is 3. The fourth-order valence-electron chi connectivity index (χ4n) is 2.70. The van der Waals surface area contributed by atoms with Crippen molar-refractivity contribution in [3.05, 3.63) is 42.0 Å². The molecule has 0 spiro atoms. The van der Waals surface area contributed by atoms with Gasteiger partial charge in [0.2, 0.25) is 0 Å². The average Bonchev–Trinajstić information content (AvgIpc) is 3.01. The van der Waals surface area contributed by atoms with Crippen LogP contribution in [0.15, 0.2) is 30.7 Å². The molecule has 4 nitrogen and oxygen atoms in total. The number of hydrogen-bond donors (Lipinski definition) is 1. The summed E-state index contributed by atoms with van der Waals surface area (Å²) in [4.78, 5) is 6.30. The van der Waals surface area contributed by atoms with Crippen LogP contribution < -0.4 is 4.90 Å². The van der Waals surface area contributed by atoms with E-state index in [0.29, 0.717) is 5.69 Å². The van der Waals surface area contributed by atoms with E-state index < -0.39 is 11.7 Å². The summed E-state index contributed by atoms with van der Waals surface area (Å²) in [7, 11) is 0. The third-order valence-corrected chi connectivity index (χ3v) is 3.87. The van der Waals surface area contributed by atoms with Gasteiger partial charge in [-0.3, -0.25) is 10.1 Å². The molecular formula is C14H15F3N4. The van der Waals surface area contributed by atoms with E-state index in [2.05, 4.69) is 20.1 Å². The Morgan fingerprint density at radius 2 is 2.00 bits per heavy atom. The zero-order valence-corrected chi connectivity index (χ0v) is 11.3. The maximum atomic E-state index is 12.7. The van der Waals surface area contributed by atoms with Crippen molar-refractivity contribution < 1.29 is 13.2 Å². The van der Waals surface area contributed by atoms with E-state index in [1.807, 2.05) is 6.20 Å². The van der Waals surface area contributed by atoms with Crippen LogP contribution in [-0.2, 0) is 6.18 Å². The van der Waals surface area contributed by atoms with Gasteiger partial charge in [-0.05, 0) is 25.0 Å². The molecule has 21 heavy (non-hydrogen) atoms. The third-order valence-electron chi connectivity index (χ3n) is 3.87. The molecule has 0 aromatic carbocycles. The maximum absolute atomic E-state index is 12.7. The molecule has 0 unspecified atom stereocenters. The molecule has 7 heteroatoms. The largest absolute Gasteiger partial charge is 0.416 e. The summed E-state index contributed by atoms with van der Waals surface area (Å²) in [5, 5.41) is 6.67. The summed E-state index contributed by atoms with van der Waals surface area (Å²) in [5.41, 5.74) is 0.937. The van der Waals surface area contributed by atoms with Crippen LogP contribution in [0, 0.1) is 0 Å². The second-order valence-electron chi connectivity index (χ2n) is 5.18. The Kier molecular flexibility index (Phi) is 3.57. The van der Waals surface area contributed by atoms with Gasteiger partial charge >= 0.3 is 6.18 Å². The van der Waals surface area contributed by atoms with Gasteiger partial charge in [0.1, 0.15) is 0 Å². The first-order valence-corrected chi connectivity index (χ1v) is 6.81. The maximum Gasteiger partial charge on any atom is 0.416 e. The fourth-order valence-corrected chi connectivity index (χ4v) is 2.70. The zero-order chi connectivity index (χ0) is 14.9. The highest BCUT2D eigenvalue weighted by Crippen LogP contribution is 2.33. The Labute approximate surface area is 120 Å². The number of piperidine rings is 1. The van der Waals surface area contributed by atoms with Crippen molar-refractivity contribution in [1.29, 1.82) is 0 Å². The first-order valence-electron chi connectivity index (χ1n) is 6.81. The summed E-state index contributed by atoms with van der Waals surface area (Å²) < 4.78 is 38.2. The van der Waals surface area contributed by atoms with Gasteiger partial charge in [-0.25, -0.2) is 0 Å². The molecule has 0 amide bonds. The van der Waals surface area contributed by atoms with Crippen molar-refractivity contribution >= 4 is 5.69 Å². The van der Waals surface area contributed by atoms with Crippen LogP contribution >= 0.6 is 0 Å². The predicted molar refractivity (Wildman–Crippen MR) is 72.0 cm³/mol. The van der Waals surface area contributed by atoms with Gasteiger partial charge in [-0.1, -0.05) is 0 Å². The molecule has 1 fully saturated rings. The van der Waals surface area contributed by atoms with Crippen molar-refractivity contribution in [3.63, 3.8) is 0 Å². The van der Waals surface area contributed by atoms with Crippen molar-refractivity contribution in [2.75, 3.05) is 18.0 Å². The SMILES string of the molecule is FC(F)(F)c1ccnc(C2CCN(c3cn[nH]c3)CC2)c1. The van der Waals surface area contributed by atoms with Crippen LogP contribution in [0.4, 0.5) is 18.9 Å². The van der Waals surface area contributed by atoms with Gasteiger partial charge in [0, 0.05) is 37.1 Å². The second kappa shape index (κ2) is 5.38. The molecule has 0 saturated carbocycles. The molecule has 1 N–H and O–H groups in total. The number of aromatic nitrogens is 3. The molecule has 0 bridgehead atoms. The number of H-pyrrole nitrogens is 1. The topological polar surface area (TPSA) is 44.8 Å². The van der Waals surface area contributed by atoms with Crippen LogP contribution in [0.5, 0.6) is 0 Å². The summed E-state index contributed by atoms with van der Waals surface area (Å²) in [6.07, 6.45) is 2.10. The van der Waals surface area contributed by atoms with Crippen molar-refractivity contribution in [3.8, 4) is 0 Å². The summed E-state index contributed by atoms with van der Waals surface area (Å²) >= 11 is 0. The molecule has 0 atom stereocenters. The molecule has 3 rings (SSSR count). The second-order valence-corrected chi connectivity index (χ2v) is 5.18. The van der Waals surface area contributed by atoms with E-state index in [1.165, 1.54) is 12.3 Å². The van der Waals surface area contributed by atoms with Crippen LogP contribution in [-0.4, -0.2) is 28.3 Å². The van der Waals surface area contributed by atoms with Gasteiger partial charge < -0.3 is 4.90 Å². The van der Waals surface area contributed by atoms with Gasteiger partial charge in [-0.15, -0.1) is 0 Å². The van der Waals surface area contributed by atoms with Crippen LogP contribution in [0.3, 0.4) is 0 Å². The van der Waals surface area contributed by atoms with Crippen LogP contribution in [0.1, 0.15) is 30.0 Å². The highest BCUT2D eigenvalue weighted by atomic mass is 19.4. The van der Waals surface area contributed by atoms with E-state index in [4.69, 9.17) is 0 Å². The lowest BCUT2D eigenvalue weighted by atomic mass is 9.92. The van der Waals surface area contributed by atoms with Crippen LogP contribution in [0.2, 0.25) is 0 Å². The van der Waals surface area contributed by atoms with Gasteiger partial charge in [0.25, 0.3) is 0 Å². The number of pyridine rings is 1. The Morgan fingerprint density at radius 3 is 2.62 bits per heavy atom. The lowest BCUT2D eigenvalue weighted by Gasteiger charge is -2.32. The minimum absolute atomic E-state index is 0.0791. The molecule has 2 aromatic heterocycles. The lowest BCUT2D eigenvalue weighted by Crippen LogP contribution is -2.32. The number of aromatic amines is 1. The smallest absolute Gasteiger partial charge is 0.369 e. The number of rotatable bonds is 2. The standard InChI is InChI=1S/C14H15F3N4/c15-14(16,17)11-1-4-18-13(7-11)10-2-5-21(6-3-10)12-8-19-20-9-12/h1,4,7-10H,2-3,5-6H2,(H,19,20). The number of nitrogens with zero attached hydrogens (tertiary/aromatic N) is 3. The van der Waals surface area contributed by atoms with E-state index in [9.17, 15) is 13.2 Å². The summed E-state index contributed by atoms with van der Waals surface area (Å²) in [6.45, 7) is 1.59. The Morgan fingerprint density at radius 1 is 1.24 bits per heavy atom. The molecule has 0 radical (unpaired) electrons. The number of anilines is 1. The molecule has 3 heterocycles. The minimum Gasteiger partial charge on any atom is -0.369 e. The minimum atomic E-state index is -4.31.